The molecule has 0 heterocycles. The van der Waals surface area contributed by atoms with Crippen molar-refractivity contribution >= 4 is 31.9 Å². The van der Waals surface area contributed by atoms with Gasteiger partial charge in [-0.1, -0.05) is 37.9 Å². The molecule has 2 rings (SSSR count). The van der Waals surface area contributed by atoms with Crippen LogP contribution in [-0.2, 0) is 11.9 Å². The monoisotopic (exact) mass is 404 g/mol. The number of benzene rings is 2. The molecule has 0 fully saturated rings. The summed E-state index contributed by atoms with van der Waals surface area (Å²) < 4.78 is 32.7. The molecule has 0 amide bonds. The van der Waals surface area contributed by atoms with E-state index in [1.54, 1.807) is 0 Å². The van der Waals surface area contributed by atoms with Crippen molar-refractivity contribution in [2.24, 2.45) is 0 Å². The smallest absolute Gasteiger partial charge is 0.159 e. The van der Waals surface area contributed by atoms with Crippen molar-refractivity contribution < 1.29 is 13.5 Å². The van der Waals surface area contributed by atoms with Crippen LogP contribution in [0.1, 0.15) is 16.7 Å². The zero-order chi connectivity index (χ0) is 14.7. The first-order valence-corrected chi connectivity index (χ1v) is 7.84. The van der Waals surface area contributed by atoms with E-state index in [1.165, 1.54) is 6.07 Å². The van der Waals surface area contributed by atoms with Gasteiger partial charge in [-0.2, -0.15) is 0 Å². The molecule has 0 spiro atoms. The molecular weight excluding hydrogens is 394 g/mol. The molecule has 20 heavy (non-hydrogen) atoms. The lowest BCUT2D eigenvalue weighted by Gasteiger charge is -2.14. The summed E-state index contributed by atoms with van der Waals surface area (Å²) in [4.78, 5) is 0. The lowest BCUT2D eigenvalue weighted by Crippen LogP contribution is -2.01. The van der Waals surface area contributed by atoms with Gasteiger partial charge >= 0.3 is 0 Å². The Balaban J connectivity index is 2.20. The molecule has 1 nitrogen and oxygen atoms in total. The van der Waals surface area contributed by atoms with Crippen molar-refractivity contribution in [2.75, 3.05) is 0 Å². The molecule has 0 radical (unpaired) electrons. The Morgan fingerprint density at radius 1 is 1.10 bits per heavy atom. The molecule has 0 saturated carbocycles. The van der Waals surface area contributed by atoms with Gasteiger partial charge in [0.2, 0.25) is 0 Å². The average molecular weight is 406 g/mol. The molecule has 0 bridgehead atoms. The van der Waals surface area contributed by atoms with Crippen molar-refractivity contribution in [2.45, 2.75) is 18.9 Å². The minimum absolute atomic E-state index is 0.194. The van der Waals surface area contributed by atoms with Crippen molar-refractivity contribution in [3.63, 3.8) is 0 Å². The van der Waals surface area contributed by atoms with E-state index in [0.29, 0.717) is 10.9 Å². The highest BCUT2D eigenvalue weighted by atomic mass is 79.9. The SMILES string of the molecule is Cc1cc(Br)cc(CBr)c1OCc1ccc(F)c(F)c1. The summed E-state index contributed by atoms with van der Waals surface area (Å²) in [6.45, 7) is 2.14. The van der Waals surface area contributed by atoms with Gasteiger partial charge in [-0.3, -0.25) is 0 Å². The van der Waals surface area contributed by atoms with Crippen LogP contribution in [0.2, 0.25) is 0 Å². The second-order valence-electron chi connectivity index (χ2n) is 4.38. The summed E-state index contributed by atoms with van der Waals surface area (Å²) in [7, 11) is 0. The summed E-state index contributed by atoms with van der Waals surface area (Å²) in [5.74, 6) is -0.955. The van der Waals surface area contributed by atoms with Crippen LogP contribution >= 0.6 is 31.9 Å². The largest absolute Gasteiger partial charge is 0.488 e. The normalized spacial score (nSPS) is 10.7. The number of ether oxygens (including phenoxy) is 1. The Bertz CT molecular complexity index is 630. The second kappa shape index (κ2) is 6.68. The van der Waals surface area contributed by atoms with E-state index >= 15 is 0 Å². The first-order valence-electron chi connectivity index (χ1n) is 5.93. The predicted molar refractivity (Wildman–Crippen MR) is 82.2 cm³/mol. The quantitative estimate of drug-likeness (QED) is 0.609. The third-order valence-corrected chi connectivity index (χ3v) is 3.89. The Morgan fingerprint density at radius 2 is 1.85 bits per heavy atom. The molecule has 0 unspecified atom stereocenters. The lowest BCUT2D eigenvalue weighted by molar-refractivity contribution is 0.300. The fourth-order valence-electron chi connectivity index (χ4n) is 1.89. The third-order valence-electron chi connectivity index (χ3n) is 2.83. The first-order chi connectivity index (χ1) is 9.51. The standard InChI is InChI=1S/C15H12Br2F2O/c1-9-4-12(17)6-11(7-16)15(9)20-8-10-2-3-13(18)14(19)5-10/h2-6H,7-8H2,1H3. The van der Waals surface area contributed by atoms with Gasteiger partial charge in [0, 0.05) is 15.4 Å². The fraction of sp³-hybridized carbons (Fsp3) is 0.200. The first kappa shape index (κ1) is 15.4. The van der Waals surface area contributed by atoms with Crippen LogP contribution in [0.5, 0.6) is 5.75 Å². The van der Waals surface area contributed by atoms with E-state index < -0.39 is 11.6 Å². The van der Waals surface area contributed by atoms with Crippen molar-refractivity contribution in [3.05, 3.63) is 63.1 Å². The Kier molecular flexibility index (Phi) is 5.16. The minimum atomic E-state index is -0.862. The maximum atomic E-state index is 13.1. The van der Waals surface area contributed by atoms with Gasteiger partial charge in [0.25, 0.3) is 0 Å². The van der Waals surface area contributed by atoms with Gasteiger partial charge in [-0.05, 0) is 42.3 Å². The van der Waals surface area contributed by atoms with Crippen LogP contribution in [0.4, 0.5) is 8.78 Å². The van der Waals surface area contributed by atoms with E-state index in [-0.39, 0.29) is 6.61 Å². The number of hydrogen-bond donors (Lipinski definition) is 0. The predicted octanol–water partition coefficient (Wildman–Crippen LogP) is 5.51. The van der Waals surface area contributed by atoms with E-state index in [4.69, 9.17) is 4.74 Å². The Labute approximate surface area is 133 Å². The molecule has 2 aromatic rings. The van der Waals surface area contributed by atoms with Gasteiger partial charge in [0.05, 0.1) is 0 Å². The molecular formula is C15H12Br2F2O. The molecule has 0 aliphatic rings. The van der Waals surface area contributed by atoms with Crippen molar-refractivity contribution in [1.29, 1.82) is 0 Å². The number of hydrogen-bond acceptors (Lipinski definition) is 1. The summed E-state index contributed by atoms with van der Waals surface area (Å²) >= 11 is 6.85. The second-order valence-corrected chi connectivity index (χ2v) is 5.86. The van der Waals surface area contributed by atoms with Gasteiger partial charge < -0.3 is 4.74 Å². The van der Waals surface area contributed by atoms with Gasteiger partial charge in [-0.25, -0.2) is 8.78 Å². The summed E-state index contributed by atoms with van der Waals surface area (Å²) in [6, 6.07) is 7.68. The Morgan fingerprint density at radius 3 is 2.50 bits per heavy atom. The van der Waals surface area contributed by atoms with E-state index in [1.807, 2.05) is 19.1 Å². The van der Waals surface area contributed by atoms with E-state index in [2.05, 4.69) is 31.9 Å². The number of halogens is 4. The van der Waals surface area contributed by atoms with Crippen molar-refractivity contribution in [3.8, 4) is 5.75 Å². The van der Waals surface area contributed by atoms with Gasteiger partial charge in [0.1, 0.15) is 12.4 Å². The molecule has 106 valence electrons. The molecule has 5 heteroatoms. The van der Waals surface area contributed by atoms with E-state index in [0.717, 1.165) is 33.5 Å². The third kappa shape index (κ3) is 3.58. The molecule has 0 aliphatic carbocycles. The van der Waals surface area contributed by atoms with Crippen LogP contribution in [0.25, 0.3) is 0 Å². The topological polar surface area (TPSA) is 9.23 Å². The molecule has 0 aromatic heterocycles. The van der Waals surface area contributed by atoms with Gasteiger partial charge in [-0.15, -0.1) is 0 Å². The van der Waals surface area contributed by atoms with Crippen LogP contribution in [-0.4, -0.2) is 0 Å². The van der Waals surface area contributed by atoms with Crippen LogP contribution in [0.15, 0.2) is 34.8 Å². The number of rotatable bonds is 4. The Hall–Kier alpha value is -0.940. The average Bonchev–Trinajstić information content (AvgIpc) is 2.40. The molecule has 0 aliphatic heterocycles. The zero-order valence-corrected chi connectivity index (χ0v) is 13.9. The summed E-state index contributed by atoms with van der Waals surface area (Å²) in [5, 5.41) is 0.653. The minimum Gasteiger partial charge on any atom is -0.488 e. The van der Waals surface area contributed by atoms with Crippen LogP contribution in [0.3, 0.4) is 0 Å². The maximum Gasteiger partial charge on any atom is 0.159 e. The highest BCUT2D eigenvalue weighted by molar-refractivity contribution is 9.10. The lowest BCUT2D eigenvalue weighted by atomic mass is 10.1. The van der Waals surface area contributed by atoms with Crippen molar-refractivity contribution in [1.82, 2.24) is 0 Å². The summed E-state index contributed by atoms with van der Waals surface area (Å²) in [6.07, 6.45) is 0. The number of aryl methyl sites for hydroxylation is 1. The molecule has 0 atom stereocenters. The van der Waals surface area contributed by atoms with E-state index in [9.17, 15) is 8.78 Å². The molecule has 2 aromatic carbocycles. The fourth-order valence-corrected chi connectivity index (χ4v) is 2.93. The number of alkyl halides is 1. The maximum absolute atomic E-state index is 13.1. The van der Waals surface area contributed by atoms with Gasteiger partial charge in [0.15, 0.2) is 11.6 Å². The highest BCUT2D eigenvalue weighted by Crippen LogP contribution is 2.30. The molecule has 0 saturated heterocycles. The van der Waals surface area contributed by atoms with Crippen LogP contribution < -0.4 is 4.74 Å². The highest BCUT2D eigenvalue weighted by Gasteiger charge is 2.09. The van der Waals surface area contributed by atoms with Crippen LogP contribution in [0, 0.1) is 18.6 Å². The summed E-state index contributed by atoms with van der Waals surface area (Å²) in [5.41, 5.74) is 2.57. The molecule has 0 N–H and O–H groups in total. The zero-order valence-electron chi connectivity index (χ0n) is 10.7.